The second kappa shape index (κ2) is 6.19. The van der Waals surface area contributed by atoms with Crippen molar-refractivity contribution in [3.8, 4) is 5.69 Å². The molecule has 0 bridgehead atoms. The second-order valence-electron chi connectivity index (χ2n) is 7.47. The van der Waals surface area contributed by atoms with Gasteiger partial charge in [0.05, 0.1) is 6.33 Å². The Morgan fingerprint density at radius 2 is 1.96 bits per heavy atom. The van der Waals surface area contributed by atoms with E-state index in [0.29, 0.717) is 5.92 Å². The fourth-order valence-corrected chi connectivity index (χ4v) is 3.24. The van der Waals surface area contributed by atoms with Crippen LogP contribution in [-0.2, 0) is 0 Å². The van der Waals surface area contributed by atoms with E-state index in [-0.39, 0.29) is 11.3 Å². The zero-order valence-electron chi connectivity index (χ0n) is 14.2. The fraction of sp³-hybridized carbons (Fsp3) is 0.474. The number of likely N-dealkylation sites (tertiary alicyclic amines) is 1. The monoisotopic (exact) mass is 311 g/mol. The summed E-state index contributed by atoms with van der Waals surface area (Å²) in [6.45, 7) is 8.54. The molecule has 0 unspecified atom stereocenters. The van der Waals surface area contributed by atoms with Crippen LogP contribution in [0.2, 0.25) is 0 Å². The Morgan fingerprint density at radius 3 is 2.57 bits per heavy atom. The first-order valence-electron chi connectivity index (χ1n) is 8.33. The Labute approximate surface area is 138 Å². The summed E-state index contributed by atoms with van der Waals surface area (Å²) in [5.41, 5.74) is 2.04. The lowest BCUT2D eigenvalue weighted by molar-refractivity contribution is 0.0563. The maximum atomic E-state index is 12.8. The molecule has 0 saturated carbocycles. The highest BCUT2D eigenvalue weighted by Gasteiger charge is 2.31. The van der Waals surface area contributed by atoms with E-state index in [1.54, 1.807) is 12.5 Å². The minimum atomic E-state index is 0.149. The minimum absolute atomic E-state index is 0.149. The molecule has 1 fully saturated rings. The van der Waals surface area contributed by atoms with E-state index in [0.717, 1.165) is 30.8 Å². The summed E-state index contributed by atoms with van der Waals surface area (Å²) < 4.78 is 1.94. The Kier molecular flexibility index (Phi) is 4.24. The maximum Gasteiger partial charge on any atom is 0.253 e. The molecule has 1 amide bonds. The number of hydrogen-bond donors (Lipinski definition) is 0. The van der Waals surface area contributed by atoms with Gasteiger partial charge in [0.15, 0.2) is 0 Å². The van der Waals surface area contributed by atoms with Crippen molar-refractivity contribution in [1.29, 1.82) is 0 Å². The average molecular weight is 311 g/mol. The van der Waals surface area contributed by atoms with Gasteiger partial charge in [0, 0.05) is 36.7 Å². The van der Waals surface area contributed by atoms with E-state index in [1.165, 1.54) is 6.42 Å². The van der Waals surface area contributed by atoms with Gasteiger partial charge in [0.1, 0.15) is 0 Å². The number of carbonyl (C=O) groups is 1. The van der Waals surface area contributed by atoms with Crippen LogP contribution in [0.3, 0.4) is 0 Å². The van der Waals surface area contributed by atoms with E-state index in [4.69, 9.17) is 0 Å². The molecular formula is C19H25N3O. The Morgan fingerprint density at radius 1 is 1.22 bits per heavy atom. The zero-order chi connectivity index (χ0) is 16.4. The van der Waals surface area contributed by atoms with Gasteiger partial charge in [-0.25, -0.2) is 4.98 Å². The third-order valence-corrected chi connectivity index (χ3v) is 4.85. The van der Waals surface area contributed by atoms with Crippen molar-refractivity contribution in [2.45, 2.75) is 33.6 Å². The number of rotatable bonds is 2. The van der Waals surface area contributed by atoms with E-state index in [9.17, 15) is 4.79 Å². The lowest BCUT2D eigenvalue weighted by Crippen LogP contribution is -2.43. The number of carbonyl (C=O) groups excluding carboxylic acids is 1. The van der Waals surface area contributed by atoms with Crippen molar-refractivity contribution in [3.05, 3.63) is 48.5 Å². The highest BCUT2D eigenvalue weighted by atomic mass is 16.2. The molecule has 4 heteroatoms. The topological polar surface area (TPSA) is 38.1 Å². The molecule has 1 aliphatic heterocycles. The normalized spacial score (nSPS) is 18.9. The summed E-state index contributed by atoms with van der Waals surface area (Å²) in [4.78, 5) is 18.8. The molecule has 0 N–H and O–H groups in total. The second-order valence-corrected chi connectivity index (χ2v) is 7.47. The average Bonchev–Trinajstić information content (AvgIpc) is 3.08. The van der Waals surface area contributed by atoms with Gasteiger partial charge in [-0.3, -0.25) is 4.79 Å². The number of hydrogen-bond acceptors (Lipinski definition) is 2. The van der Waals surface area contributed by atoms with Crippen molar-refractivity contribution in [1.82, 2.24) is 14.5 Å². The molecule has 1 aromatic carbocycles. The number of nitrogens with zero attached hydrogens (tertiary/aromatic N) is 3. The van der Waals surface area contributed by atoms with Gasteiger partial charge in [0.25, 0.3) is 5.91 Å². The smallest absolute Gasteiger partial charge is 0.253 e. The molecule has 2 aromatic rings. The Hall–Kier alpha value is -2.10. The first kappa shape index (κ1) is 15.8. The van der Waals surface area contributed by atoms with Crippen LogP contribution in [0.25, 0.3) is 5.69 Å². The van der Waals surface area contributed by atoms with Crippen LogP contribution in [0, 0.1) is 11.3 Å². The van der Waals surface area contributed by atoms with Crippen LogP contribution in [0.4, 0.5) is 0 Å². The molecule has 4 nitrogen and oxygen atoms in total. The molecule has 1 aliphatic rings. The van der Waals surface area contributed by atoms with E-state index in [2.05, 4.69) is 25.8 Å². The summed E-state index contributed by atoms with van der Waals surface area (Å²) in [7, 11) is 0. The lowest BCUT2D eigenvalue weighted by Gasteiger charge is -2.39. The van der Waals surface area contributed by atoms with Gasteiger partial charge in [-0.15, -0.1) is 0 Å². The van der Waals surface area contributed by atoms with E-state index >= 15 is 0 Å². The highest BCUT2D eigenvalue weighted by Crippen LogP contribution is 2.33. The third-order valence-electron chi connectivity index (χ3n) is 4.85. The van der Waals surface area contributed by atoms with Crippen LogP contribution < -0.4 is 0 Å². The van der Waals surface area contributed by atoms with Crippen LogP contribution >= 0.6 is 0 Å². The molecule has 1 aromatic heterocycles. The standard InChI is InChI=1S/C19H25N3O/c1-19(2,3)16-5-4-11-21(13-16)18(23)15-6-8-17(9-7-15)22-12-10-20-14-22/h6-10,12,14,16H,4-5,11,13H2,1-3H3/t16-/m1/s1. The fourth-order valence-electron chi connectivity index (χ4n) is 3.24. The number of amides is 1. The summed E-state index contributed by atoms with van der Waals surface area (Å²) in [5, 5.41) is 0. The van der Waals surface area contributed by atoms with Gasteiger partial charge in [0.2, 0.25) is 0 Å². The van der Waals surface area contributed by atoms with Crippen molar-refractivity contribution >= 4 is 5.91 Å². The predicted molar refractivity (Wildman–Crippen MR) is 91.6 cm³/mol. The molecule has 1 atom stereocenters. The maximum absolute atomic E-state index is 12.8. The van der Waals surface area contributed by atoms with Crippen LogP contribution in [0.5, 0.6) is 0 Å². The lowest BCUT2D eigenvalue weighted by atomic mass is 9.76. The molecule has 1 saturated heterocycles. The Balaban J connectivity index is 1.72. The summed E-state index contributed by atoms with van der Waals surface area (Å²) in [6, 6.07) is 7.77. The summed E-state index contributed by atoms with van der Waals surface area (Å²) >= 11 is 0. The number of piperidine rings is 1. The minimum Gasteiger partial charge on any atom is -0.338 e. The summed E-state index contributed by atoms with van der Waals surface area (Å²) in [6.07, 6.45) is 7.72. The van der Waals surface area contributed by atoms with Gasteiger partial charge in [-0.05, 0) is 48.4 Å². The largest absolute Gasteiger partial charge is 0.338 e. The van der Waals surface area contributed by atoms with E-state index in [1.807, 2.05) is 39.9 Å². The molecule has 0 spiro atoms. The molecular weight excluding hydrogens is 286 g/mol. The SMILES string of the molecule is CC(C)(C)[C@@H]1CCCN(C(=O)c2ccc(-n3ccnc3)cc2)C1. The van der Waals surface area contributed by atoms with Crippen LogP contribution in [-0.4, -0.2) is 33.4 Å². The molecule has 23 heavy (non-hydrogen) atoms. The van der Waals surface area contributed by atoms with Gasteiger partial charge in [-0.1, -0.05) is 20.8 Å². The molecule has 0 radical (unpaired) electrons. The molecule has 0 aliphatic carbocycles. The molecule has 122 valence electrons. The summed E-state index contributed by atoms with van der Waals surface area (Å²) in [5.74, 6) is 0.724. The number of aromatic nitrogens is 2. The van der Waals surface area contributed by atoms with E-state index < -0.39 is 0 Å². The quantitative estimate of drug-likeness (QED) is 0.846. The van der Waals surface area contributed by atoms with Crippen molar-refractivity contribution in [2.75, 3.05) is 13.1 Å². The van der Waals surface area contributed by atoms with Crippen LogP contribution in [0.15, 0.2) is 43.0 Å². The van der Waals surface area contributed by atoms with Gasteiger partial charge >= 0.3 is 0 Å². The van der Waals surface area contributed by atoms with Gasteiger partial charge < -0.3 is 9.47 Å². The number of imidazole rings is 1. The van der Waals surface area contributed by atoms with Crippen molar-refractivity contribution in [2.24, 2.45) is 11.3 Å². The molecule has 3 rings (SSSR count). The van der Waals surface area contributed by atoms with Crippen molar-refractivity contribution < 1.29 is 4.79 Å². The van der Waals surface area contributed by atoms with Crippen molar-refractivity contribution in [3.63, 3.8) is 0 Å². The van der Waals surface area contributed by atoms with Gasteiger partial charge in [-0.2, -0.15) is 0 Å². The zero-order valence-corrected chi connectivity index (χ0v) is 14.2. The first-order valence-corrected chi connectivity index (χ1v) is 8.33. The number of benzene rings is 1. The third kappa shape index (κ3) is 3.46. The highest BCUT2D eigenvalue weighted by molar-refractivity contribution is 5.94. The first-order chi connectivity index (χ1) is 10.9. The predicted octanol–water partition coefficient (Wildman–Crippen LogP) is 3.77. The Bertz CT molecular complexity index is 653. The van der Waals surface area contributed by atoms with Crippen LogP contribution in [0.1, 0.15) is 44.0 Å². The molecule has 2 heterocycles.